The molecule has 2 rings (SSSR count). The highest BCUT2D eigenvalue weighted by Crippen LogP contribution is 2.14. The number of amides is 1. The average molecular weight is 460 g/mol. The molecule has 2 aromatic rings. The molecule has 0 radical (unpaired) electrons. The number of carbonyl (C=O) groups is 1. The lowest BCUT2D eigenvalue weighted by Gasteiger charge is -2.15. The summed E-state index contributed by atoms with van der Waals surface area (Å²) in [6.07, 6.45) is 0. The maximum absolute atomic E-state index is 12.3. The van der Waals surface area contributed by atoms with Crippen LogP contribution in [-0.4, -0.2) is 41.9 Å². The van der Waals surface area contributed by atoms with Gasteiger partial charge in [0, 0.05) is 18.1 Å². The van der Waals surface area contributed by atoms with Crippen molar-refractivity contribution in [1.82, 2.24) is 14.8 Å². The Kier molecular flexibility index (Phi) is 7.78. The zero-order valence-corrected chi connectivity index (χ0v) is 18.2. The van der Waals surface area contributed by atoms with Gasteiger partial charge in [-0.1, -0.05) is 29.3 Å². The molecule has 0 aliphatic heterocycles. The van der Waals surface area contributed by atoms with Gasteiger partial charge in [-0.15, -0.1) is 0 Å². The molecule has 29 heavy (non-hydrogen) atoms. The van der Waals surface area contributed by atoms with Crippen LogP contribution in [0.3, 0.4) is 0 Å². The number of sulfonamides is 2. The minimum atomic E-state index is -3.90. The maximum Gasteiger partial charge on any atom is 0.241 e. The van der Waals surface area contributed by atoms with Gasteiger partial charge in [0.15, 0.2) is 0 Å². The van der Waals surface area contributed by atoms with E-state index in [0.29, 0.717) is 5.02 Å². The fourth-order valence-electron chi connectivity index (χ4n) is 2.29. The summed E-state index contributed by atoms with van der Waals surface area (Å²) in [7, 11) is -7.58. The van der Waals surface area contributed by atoms with Gasteiger partial charge in [-0.2, -0.15) is 4.72 Å². The summed E-state index contributed by atoms with van der Waals surface area (Å²) >= 11 is 5.74. The summed E-state index contributed by atoms with van der Waals surface area (Å²) in [5, 5.41) is 2.88. The lowest BCUT2D eigenvalue weighted by atomic mass is 10.2. The Balaban J connectivity index is 1.84. The third kappa shape index (κ3) is 6.79. The molecule has 2 aromatic carbocycles. The van der Waals surface area contributed by atoms with Gasteiger partial charge in [-0.05, 0) is 50.2 Å². The maximum atomic E-state index is 12.3. The molecule has 158 valence electrons. The highest BCUT2D eigenvalue weighted by molar-refractivity contribution is 7.89. The molecule has 0 spiro atoms. The van der Waals surface area contributed by atoms with Crippen LogP contribution in [0.2, 0.25) is 5.02 Å². The summed E-state index contributed by atoms with van der Waals surface area (Å²) < 4.78 is 53.5. The predicted octanol–water partition coefficient (Wildman–Crippen LogP) is 1.41. The van der Waals surface area contributed by atoms with Crippen molar-refractivity contribution in [3.8, 4) is 0 Å². The summed E-state index contributed by atoms with van der Waals surface area (Å²) in [6.45, 7) is 3.19. The van der Waals surface area contributed by atoms with Crippen molar-refractivity contribution >= 4 is 37.6 Å². The van der Waals surface area contributed by atoms with Gasteiger partial charge in [0.1, 0.15) is 0 Å². The molecule has 0 saturated carbocycles. The van der Waals surface area contributed by atoms with Crippen LogP contribution in [0.5, 0.6) is 0 Å². The van der Waals surface area contributed by atoms with E-state index >= 15 is 0 Å². The third-order valence-corrected chi connectivity index (χ3v) is 7.18. The molecule has 0 aliphatic carbocycles. The Labute approximate surface area is 175 Å². The summed E-state index contributed by atoms with van der Waals surface area (Å²) in [5.74, 6) is -0.586. The molecule has 3 N–H and O–H groups in total. The van der Waals surface area contributed by atoms with E-state index in [1.54, 1.807) is 12.1 Å². The normalized spacial score (nSPS) is 13.1. The molecular formula is C18H22ClN3O5S2. The molecule has 1 amide bonds. The summed E-state index contributed by atoms with van der Waals surface area (Å²) in [6, 6.07) is 10.8. The Hall–Kier alpha value is -1.98. The van der Waals surface area contributed by atoms with Crippen LogP contribution in [0.15, 0.2) is 58.3 Å². The molecule has 8 nitrogen and oxygen atoms in total. The van der Waals surface area contributed by atoms with E-state index in [9.17, 15) is 21.6 Å². The van der Waals surface area contributed by atoms with Crippen LogP contribution in [0.4, 0.5) is 0 Å². The van der Waals surface area contributed by atoms with E-state index in [0.717, 1.165) is 5.56 Å². The largest absolute Gasteiger partial charge is 0.353 e. The van der Waals surface area contributed by atoms with E-state index in [4.69, 9.17) is 11.6 Å². The van der Waals surface area contributed by atoms with Crippen molar-refractivity contribution in [1.29, 1.82) is 0 Å². The lowest BCUT2D eigenvalue weighted by molar-refractivity contribution is -0.122. The van der Waals surface area contributed by atoms with Crippen molar-refractivity contribution in [3.63, 3.8) is 0 Å². The highest BCUT2D eigenvalue weighted by atomic mass is 35.5. The second-order valence-electron chi connectivity index (χ2n) is 6.30. The van der Waals surface area contributed by atoms with Gasteiger partial charge in [-0.3, -0.25) is 4.79 Å². The number of aryl methyl sites for hydroxylation is 1. The Morgan fingerprint density at radius 2 is 1.41 bits per heavy atom. The van der Waals surface area contributed by atoms with Gasteiger partial charge in [-0.25, -0.2) is 21.6 Å². The van der Waals surface area contributed by atoms with Gasteiger partial charge in [0.05, 0.1) is 15.8 Å². The first-order valence-corrected chi connectivity index (χ1v) is 12.0. The molecule has 0 aromatic heterocycles. The Morgan fingerprint density at radius 1 is 0.897 bits per heavy atom. The van der Waals surface area contributed by atoms with Crippen molar-refractivity contribution in [3.05, 3.63) is 59.1 Å². The summed E-state index contributed by atoms with van der Waals surface area (Å²) in [4.78, 5) is 12.2. The van der Waals surface area contributed by atoms with Gasteiger partial charge >= 0.3 is 0 Å². The second kappa shape index (κ2) is 9.68. The van der Waals surface area contributed by atoms with E-state index in [1.807, 2.05) is 6.92 Å². The Morgan fingerprint density at radius 3 is 2.00 bits per heavy atom. The molecule has 11 heteroatoms. The second-order valence-corrected chi connectivity index (χ2v) is 10.2. The Bertz CT molecular complexity index is 1050. The third-order valence-electron chi connectivity index (χ3n) is 3.90. The van der Waals surface area contributed by atoms with E-state index in [1.165, 1.54) is 43.3 Å². The predicted molar refractivity (Wildman–Crippen MR) is 111 cm³/mol. The fraction of sp³-hybridized carbons (Fsp3) is 0.278. The van der Waals surface area contributed by atoms with Crippen LogP contribution in [-0.2, 0) is 24.8 Å². The first-order chi connectivity index (χ1) is 13.5. The molecular weight excluding hydrogens is 438 g/mol. The number of hydrogen-bond donors (Lipinski definition) is 3. The molecule has 0 unspecified atom stereocenters. The molecule has 0 aliphatic rings. The minimum absolute atomic E-state index is 0.00304. The van der Waals surface area contributed by atoms with Crippen molar-refractivity contribution < 1.29 is 21.6 Å². The van der Waals surface area contributed by atoms with Crippen LogP contribution >= 0.6 is 11.6 Å². The van der Waals surface area contributed by atoms with E-state index in [2.05, 4.69) is 14.8 Å². The first-order valence-electron chi connectivity index (χ1n) is 8.63. The smallest absolute Gasteiger partial charge is 0.241 e. The molecule has 1 atom stereocenters. The van der Waals surface area contributed by atoms with Gasteiger partial charge in [0.25, 0.3) is 0 Å². The van der Waals surface area contributed by atoms with E-state index < -0.39 is 32.0 Å². The number of halogens is 1. The number of carbonyl (C=O) groups excluding carboxylic acids is 1. The van der Waals surface area contributed by atoms with Crippen LogP contribution in [0.25, 0.3) is 0 Å². The van der Waals surface area contributed by atoms with Crippen molar-refractivity contribution in [2.24, 2.45) is 0 Å². The zero-order valence-electron chi connectivity index (χ0n) is 15.8. The van der Waals surface area contributed by atoms with Crippen LogP contribution in [0, 0.1) is 6.92 Å². The van der Waals surface area contributed by atoms with Crippen LogP contribution in [0.1, 0.15) is 12.5 Å². The fourth-order valence-corrected chi connectivity index (χ4v) is 4.65. The molecule has 0 fully saturated rings. The van der Waals surface area contributed by atoms with Gasteiger partial charge < -0.3 is 5.32 Å². The lowest BCUT2D eigenvalue weighted by Crippen LogP contribution is -2.46. The minimum Gasteiger partial charge on any atom is -0.353 e. The van der Waals surface area contributed by atoms with Crippen LogP contribution < -0.4 is 14.8 Å². The monoisotopic (exact) mass is 459 g/mol. The first kappa shape index (κ1) is 23.3. The van der Waals surface area contributed by atoms with Crippen molar-refractivity contribution in [2.75, 3.05) is 13.1 Å². The topological polar surface area (TPSA) is 121 Å². The quantitative estimate of drug-likeness (QED) is 0.489. The number of benzene rings is 2. The number of hydrogen-bond acceptors (Lipinski definition) is 5. The standard InChI is InChI=1S/C18H22ClN3O5S2/c1-13-3-7-16(8-4-13)28(24,25)21-12-11-20-18(23)14(2)22-29(26,27)17-9-5-15(19)6-10-17/h3-10,14,21-22H,11-12H2,1-2H3,(H,20,23)/t14-/m0/s1. The number of nitrogens with one attached hydrogen (secondary N) is 3. The SMILES string of the molecule is Cc1ccc(S(=O)(=O)NCCNC(=O)[C@H](C)NS(=O)(=O)c2ccc(Cl)cc2)cc1. The number of rotatable bonds is 9. The van der Waals surface area contributed by atoms with Gasteiger partial charge in [0.2, 0.25) is 26.0 Å². The summed E-state index contributed by atoms with van der Waals surface area (Å²) in [5.41, 5.74) is 0.936. The van der Waals surface area contributed by atoms with E-state index in [-0.39, 0.29) is 22.9 Å². The average Bonchev–Trinajstić information content (AvgIpc) is 2.65. The molecule has 0 heterocycles. The molecule has 0 bridgehead atoms. The van der Waals surface area contributed by atoms with Crippen molar-refractivity contribution in [2.45, 2.75) is 29.7 Å². The zero-order chi connectivity index (χ0) is 21.7. The molecule has 0 saturated heterocycles. The highest BCUT2D eigenvalue weighted by Gasteiger charge is 2.22.